The second-order valence-electron chi connectivity index (χ2n) is 5.27. The fourth-order valence-corrected chi connectivity index (χ4v) is 2.93. The summed E-state index contributed by atoms with van der Waals surface area (Å²) in [6, 6.07) is 7.02. The van der Waals surface area contributed by atoms with Crippen LogP contribution in [0.3, 0.4) is 0 Å². The van der Waals surface area contributed by atoms with Gasteiger partial charge >= 0.3 is 11.9 Å². The number of carbonyl (C=O) groups is 2. The van der Waals surface area contributed by atoms with Crippen LogP contribution in [-0.4, -0.2) is 41.1 Å². The van der Waals surface area contributed by atoms with Gasteiger partial charge in [-0.2, -0.15) is 0 Å². The molecule has 0 amide bonds. The van der Waals surface area contributed by atoms with E-state index in [2.05, 4.69) is 9.97 Å². The maximum absolute atomic E-state index is 12.2. The fourth-order valence-electron chi connectivity index (χ4n) is 2.93. The molecule has 0 fully saturated rings. The number of aromatic nitrogens is 4. The summed E-state index contributed by atoms with van der Waals surface area (Å²) in [7, 11) is 0. The van der Waals surface area contributed by atoms with Gasteiger partial charge < -0.3 is 19.8 Å². The largest absolute Gasteiger partial charge is 0.480 e. The van der Waals surface area contributed by atoms with Gasteiger partial charge in [-0.15, -0.1) is 0 Å². The summed E-state index contributed by atoms with van der Waals surface area (Å²) in [4.78, 5) is 41.2. The van der Waals surface area contributed by atoms with Crippen molar-refractivity contribution in [1.29, 1.82) is 0 Å². The highest BCUT2D eigenvalue weighted by molar-refractivity contribution is 6.05. The first-order valence-corrected chi connectivity index (χ1v) is 6.95. The number of aromatic carboxylic acids is 1. The molecule has 0 spiro atoms. The number of nitrogens with one attached hydrogen (secondary N) is 1. The Bertz CT molecular complexity index is 1210. The molecular formula is C15H10N4O5. The Morgan fingerprint density at radius 2 is 1.96 bits per heavy atom. The van der Waals surface area contributed by atoms with Gasteiger partial charge in [0.05, 0.1) is 11.0 Å². The van der Waals surface area contributed by atoms with Crippen molar-refractivity contribution in [3.05, 3.63) is 46.5 Å². The predicted octanol–water partition coefficient (Wildman–Crippen LogP) is 0.913. The molecular weight excluding hydrogens is 316 g/mol. The summed E-state index contributed by atoms with van der Waals surface area (Å²) in [6.45, 7) is -0.342. The number of aliphatic carboxylic acids is 1. The van der Waals surface area contributed by atoms with Gasteiger partial charge in [0.25, 0.3) is 5.56 Å². The van der Waals surface area contributed by atoms with E-state index in [9.17, 15) is 19.5 Å². The molecule has 0 saturated carbocycles. The SMILES string of the molecule is O=C(O)Cn1c2ccccc2c2[nH]c(=O)c3nc(C(=O)O)cn3c21. The first kappa shape index (κ1) is 14.0. The number of carboxylic acids is 2. The molecule has 4 aromatic rings. The van der Waals surface area contributed by atoms with Crippen LogP contribution in [-0.2, 0) is 11.3 Å². The molecule has 3 N–H and O–H groups in total. The maximum atomic E-state index is 12.2. The third-order valence-electron chi connectivity index (χ3n) is 3.83. The third-order valence-corrected chi connectivity index (χ3v) is 3.83. The molecule has 0 aliphatic rings. The first-order chi connectivity index (χ1) is 11.5. The Morgan fingerprint density at radius 1 is 1.21 bits per heavy atom. The van der Waals surface area contributed by atoms with Gasteiger partial charge in [-0.1, -0.05) is 18.2 Å². The van der Waals surface area contributed by atoms with Crippen LogP contribution >= 0.6 is 0 Å². The smallest absolute Gasteiger partial charge is 0.356 e. The van der Waals surface area contributed by atoms with Crippen LogP contribution in [0.1, 0.15) is 10.5 Å². The van der Waals surface area contributed by atoms with Crippen molar-refractivity contribution in [2.24, 2.45) is 0 Å². The van der Waals surface area contributed by atoms with E-state index in [1.165, 1.54) is 15.2 Å². The highest BCUT2D eigenvalue weighted by atomic mass is 16.4. The number of aromatic amines is 1. The molecule has 9 heteroatoms. The minimum absolute atomic E-state index is 0.102. The number of hydrogen-bond acceptors (Lipinski definition) is 4. The highest BCUT2D eigenvalue weighted by Gasteiger charge is 2.20. The summed E-state index contributed by atoms with van der Waals surface area (Å²) in [5.41, 5.74) is 0.471. The Labute approximate surface area is 132 Å². The van der Waals surface area contributed by atoms with Crippen LogP contribution < -0.4 is 5.56 Å². The van der Waals surface area contributed by atoms with Gasteiger partial charge in [-0.3, -0.25) is 14.0 Å². The highest BCUT2D eigenvalue weighted by Crippen LogP contribution is 2.27. The number of benzene rings is 1. The summed E-state index contributed by atoms with van der Waals surface area (Å²) in [6.07, 6.45) is 1.21. The average Bonchev–Trinajstić information content (AvgIpc) is 3.09. The lowest BCUT2D eigenvalue weighted by Crippen LogP contribution is -2.14. The Morgan fingerprint density at radius 3 is 2.67 bits per heavy atom. The van der Waals surface area contributed by atoms with Crippen LogP contribution in [0.15, 0.2) is 35.3 Å². The zero-order valence-corrected chi connectivity index (χ0v) is 12.1. The molecule has 0 saturated heterocycles. The van der Waals surface area contributed by atoms with Crippen LogP contribution in [0.2, 0.25) is 0 Å². The van der Waals surface area contributed by atoms with Crippen molar-refractivity contribution < 1.29 is 19.8 Å². The number of nitrogens with zero attached hydrogens (tertiary/aromatic N) is 3. The minimum atomic E-state index is -1.27. The van der Waals surface area contributed by atoms with Crippen LogP contribution in [0, 0.1) is 0 Å². The molecule has 1 aromatic carbocycles. The van der Waals surface area contributed by atoms with Gasteiger partial charge in [0, 0.05) is 11.6 Å². The second-order valence-corrected chi connectivity index (χ2v) is 5.27. The molecule has 0 radical (unpaired) electrons. The molecule has 0 atom stereocenters. The molecule has 3 heterocycles. The first-order valence-electron chi connectivity index (χ1n) is 6.95. The summed E-state index contributed by atoms with van der Waals surface area (Å²) in [5, 5.41) is 19.0. The standard InChI is InChI=1S/C15H10N4O5/c20-10(21)6-18-9-4-2-1-3-7(9)11-14(18)19-5-8(15(23)24)16-12(19)13(22)17-11/h1-5H,6H2,(H,17,22)(H,20,21)(H,23,24). The van der Waals surface area contributed by atoms with E-state index in [0.717, 1.165) is 0 Å². The minimum Gasteiger partial charge on any atom is -0.480 e. The van der Waals surface area contributed by atoms with Gasteiger partial charge in [-0.05, 0) is 6.07 Å². The fraction of sp³-hybridized carbons (Fsp3) is 0.0667. The lowest BCUT2D eigenvalue weighted by atomic mass is 10.2. The summed E-state index contributed by atoms with van der Waals surface area (Å²) in [5.74, 6) is -2.33. The van der Waals surface area contributed by atoms with Crippen LogP contribution in [0.25, 0.3) is 27.7 Å². The molecule has 0 aliphatic carbocycles. The summed E-state index contributed by atoms with van der Waals surface area (Å²) >= 11 is 0. The monoisotopic (exact) mass is 326 g/mol. The van der Waals surface area contributed by atoms with Crippen molar-refractivity contribution in [3.63, 3.8) is 0 Å². The van der Waals surface area contributed by atoms with Gasteiger partial charge in [0.1, 0.15) is 12.2 Å². The Kier molecular flexibility index (Phi) is 2.73. The molecule has 9 nitrogen and oxygen atoms in total. The average molecular weight is 326 g/mol. The van der Waals surface area contributed by atoms with E-state index in [1.807, 2.05) is 0 Å². The zero-order chi connectivity index (χ0) is 17.0. The third kappa shape index (κ3) is 1.81. The van der Waals surface area contributed by atoms with Crippen molar-refractivity contribution in [2.45, 2.75) is 6.54 Å². The zero-order valence-electron chi connectivity index (χ0n) is 12.1. The van der Waals surface area contributed by atoms with Crippen molar-refractivity contribution >= 4 is 39.7 Å². The Hall–Kier alpha value is -3.62. The Balaban J connectivity index is 2.28. The van der Waals surface area contributed by atoms with Gasteiger partial charge in [0.2, 0.25) is 5.65 Å². The van der Waals surface area contributed by atoms with E-state index in [0.29, 0.717) is 22.1 Å². The number of carboxylic acid groups (broad SMARTS) is 2. The normalized spacial score (nSPS) is 11.5. The number of H-pyrrole nitrogens is 1. The molecule has 3 aromatic heterocycles. The van der Waals surface area contributed by atoms with E-state index in [4.69, 9.17) is 5.11 Å². The van der Waals surface area contributed by atoms with Gasteiger partial charge in [0.15, 0.2) is 5.69 Å². The molecule has 120 valence electrons. The molecule has 0 aliphatic heterocycles. The van der Waals surface area contributed by atoms with E-state index in [1.54, 1.807) is 24.3 Å². The number of para-hydroxylation sites is 1. The summed E-state index contributed by atoms with van der Waals surface area (Å²) < 4.78 is 2.82. The van der Waals surface area contributed by atoms with Crippen LogP contribution in [0.5, 0.6) is 0 Å². The van der Waals surface area contributed by atoms with Crippen molar-refractivity contribution in [2.75, 3.05) is 0 Å². The van der Waals surface area contributed by atoms with Crippen molar-refractivity contribution in [1.82, 2.24) is 18.9 Å². The van der Waals surface area contributed by atoms with Crippen LogP contribution in [0.4, 0.5) is 0 Å². The molecule has 4 rings (SSSR count). The number of fused-ring (bicyclic) bond motifs is 5. The van der Waals surface area contributed by atoms with E-state index < -0.39 is 17.5 Å². The molecule has 0 bridgehead atoms. The van der Waals surface area contributed by atoms with Crippen molar-refractivity contribution in [3.8, 4) is 0 Å². The maximum Gasteiger partial charge on any atom is 0.356 e. The number of rotatable bonds is 3. The quantitative estimate of drug-likeness (QED) is 0.513. The number of hydrogen-bond donors (Lipinski definition) is 3. The van der Waals surface area contributed by atoms with E-state index >= 15 is 0 Å². The number of imidazole rings is 1. The second kappa shape index (κ2) is 4.69. The van der Waals surface area contributed by atoms with Gasteiger partial charge in [-0.25, -0.2) is 9.78 Å². The lowest BCUT2D eigenvalue weighted by molar-refractivity contribution is -0.137. The van der Waals surface area contributed by atoms with E-state index in [-0.39, 0.29) is 17.9 Å². The molecule has 0 unspecified atom stereocenters. The predicted molar refractivity (Wildman–Crippen MR) is 83.4 cm³/mol. The lowest BCUT2D eigenvalue weighted by Gasteiger charge is -2.04. The molecule has 24 heavy (non-hydrogen) atoms. The topological polar surface area (TPSA) is 130 Å².